The molecule has 0 saturated carbocycles. The highest BCUT2D eigenvalue weighted by Crippen LogP contribution is 2.24. The molecule has 0 aliphatic heterocycles. The summed E-state index contributed by atoms with van der Waals surface area (Å²) in [5, 5.41) is 5.49. The topological polar surface area (TPSA) is 84.2 Å². The van der Waals surface area contributed by atoms with Crippen LogP contribution in [0.3, 0.4) is 0 Å². The number of benzene rings is 2. The van der Waals surface area contributed by atoms with Gasteiger partial charge in [-0.3, -0.25) is 9.59 Å². The third kappa shape index (κ3) is 4.43. The van der Waals surface area contributed by atoms with Crippen LogP contribution < -0.4 is 16.4 Å². The van der Waals surface area contributed by atoms with E-state index in [0.717, 1.165) is 5.56 Å². The molecule has 0 aromatic heterocycles. The number of hydrogen-bond donors (Lipinski definition) is 3. The second-order valence-corrected chi connectivity index (χ2v) is 6.58. The Morgan fingerprint density at radius 1 is 0.917 bits per heavy atom. The van der Waals surface area contributed by atoms with Gasteiger partial charge >= 0.3 is 0 Å². The number of para-hydroxylation sites is 2. The molecule has 2 amide bonds. The summed E-state index contributed by atoms with van der Waals surface area (Å²) in [6.07, 6.45) is 0. The van der Waals surface area contributed by atoms with E-state index in [1.165, 1.54) is 0 Å². The lowest BCUT2D eigenvalue weighted by Crippen LogP contribution is -2.23. The third-order valence-corrected chi connectivity index (χ3v) is 3.65. The summed E-state index contributed by atoms with van der Waals surface area (Å²) in [4.78, 5) is 23.9. The summed E-state index contributed by atoms with van der Waals surface area (Å²) in [6.45, 7) is 6.26. The molecule has 24 heavy (non-hydrogen) atoms. The first-order valence-electron chi connectivity index (χ1n) is 7.82. The van der Waals surface area contributed by atoms with E-state index in [1.807, 2.05) is 12.1 Å². The summed E-state index contributed by atoms with van der Waals surface area (Å²) < 4.78 is 0. The number of nitrogens with two attached hydrogens (primary N) is 1. The van der Waals surface area contributed by atoms with Gasteiger partial charge in [0.1, 0.15) is 0 Å². The molecule has 2 aromatic carbocycles. The predicted octanol–water partition coefficient (Wildman–Crippen LogP) is 3.13. The summed E-state index contributed by atoms with van der Waals surface area (Å²) in [5.74, 6) is -0.545. The highest BCUT2D eigenvalue weighted by molar-refractivity contribution is 6.07. The molecule has 2 rings (SSSR count). The van der Waals surface area contributed by atoms with Crippen molar-refractivity contribution in [2.75, 3.05) is 17.2 Å². The SMILES string of the molecule is CC(C)(C)c1ccc(C(=O)Nc2ccccc2NC(=O)CN)cc1. The average Bonchev–Trinajstić information content (AvgIpc) is 2.55. The summed E-state index contributed by atoms with van der Waals surface area (Å²) >= 11 is 0. The minimum absolute atomic E-state index is 0.0358. The summed E-state index contributed by atoms with van der Waals surface area (Å²) in [7, 11) is 0. The number of hydrogen-bond acceptors (Lipinski definition) is 3. The molecule has 2 aromatic rings. The van der Waals surface area contributed by atoms with Crippen molar-refractivity contribution < 1.29 is 9.59 Å². The van der Waals surface area contributed by atoms with Crippen molar-refractivity contribution in [2.24, 2.45) is 5.73 Å². The molecule has 0 atom stereocenters. The molecule has 0 saturated heterocycles. The smallest absolute Gasteiger partial charge is 0.255 e. The van der Waals surface area contributed by atoms with E-state index in [2.05, 4.69) is 31.4 Å². The van der Waals surface area contributed by atoms with Gasteiger partial charge in [0, 0.05) is 5.56 Å². The molecular weight excluding hydrogens is 302 g/mol. The standard InChI is InChI=1S/C19H23N3O2/c1-19(2,3)14-10-8-13(9-11-14)18(24)22-16-7-5-4-6-15(16)21-17(23)12-20/h4-11H,12,20H2,1-3H3,(H,21,23)(H,22,24). The Bertz CT molecular complexity index is 731. The maximum atomic E-state index is 12.4. The maximum absolute atomic E-state index is 12.4. The molecule has 4 N–H and O–H groups in total. The van der Waals surface area contributed by atoms with E-state index in [4.69, 9.17) is 5.73 Å². The Kier molecular flexibility index (Phi) is 5.36. The van der Waals surface area contributed by atoms with Gasteiger partial charge < -0.3 is 16.4 Å². The van der Waals surface area contributed by atoms with E-state index in [-0.39, 0.29) is 23.8 Å². The fourth-order valence-corrected chi connectivity index (χ4v) is 2.22. The van der Waals surface area contributed by atoms with Crippen molar-refractivity contribution in [1.82, 2.24) is 0 Å². The normalized spacial score (nSPS) is 11.0. The van der Waals surface area contributed by atoms with Crippen molar-refractivity contribution in [3.63, 3.8) is 0 Å². The molecule has 0 heterocycles. The van der Waals surface area contributed by atoms with Gasteiger partial charge in [-0.2, -0.15) is 0 Å². The molecule has 0 aliphatic carbocycles. The summed E-state index contributed by atoms with van der Waals surface area (Å²) in [6, 6.07) is 14.5. The van der Waals surface area contributed by atoms with Crippen LogP contribution in [-0.4, -0.2) is 18.4 Å². The van der Waals surface area contributed by atoms with Gasteiger partial charge in [0.2, 0.25) is 5.91 Å². The Hall–Kier alpha value is -2.66. The molecule has 0 fully saturated rings. The molecule has 0 spiro atoms. The van der Waals surface area contributed by atoms with Crippen LogP contribution in [0.4, 0.5) is 11.4 Å². The van der Waals surface area contributed by atoms with Gasteiger partial charge in [-0.05, 0) is 35.2 Å². The van der Waals surface area contributed by atoms with Crippen LogP contribution >= 0.6 is 0 Å². The lowest BCUT2D eigenvalue weighted by atomic mass is 9.87. The highest BCUT2D eigenvalue weighted by atomic mass is 16.2. The zero-order valence-corrected chi connectivity index (χ0v) is 14.2. The van der Waals surface area contributed by atoms with Crippen molar-refractivity contribution in [3.8, 4) is 0 Å². The molecule has 126 valence electrons. The van der Waals surface area contributed by atoms with Crippen LogP contribution in [0.1, 0.15) is 36.7 Å². The van der Waals surface area contributed by atoms with Gasteiger partial charge in [0.05, 0.1) is 17.9 Å². The number of carbonyl (C=O) groups excluding carboxylic acids is 2. The Balaban J connectivity index is 2.17. The Morgan fingerprint density at radius 3 is 1.96 bits per heavy atom. The van der Waals surface area contributed by atoms with Crippen LogP contribution in [0.25, 0.3) is 0 Å². The Labute approximate surface area is 142 Å². The molecule has 5 heteroatoms. The first kappa shape index (κ1) is 17.7. The Morgan fingerprint density at radius 2 is 1.46 bits per heavy atom. The molecule has 0 aliphatic rings. The predicted molar refractivity (Wildman–Crippen MR) is 97.2 cm³/mol. The number of nitrogens with one attached hydrogen (secondary N) is 2. The summed E-state index contributed by atoms with van der Waals surface area (Å²) in [5.41, 5.74) is 8.12. The molecular formula is C19H23N3O2. The first-order chi connectivity index (χ1) is 11.3. The molecule has 5 nitrogen and oxygen atoms in total. The van der Waals surface area contributed by atoms with E-state index >= 15 is 0 Å². The highest BCUT2D eigenvalue weighted by Gasteiger charge is 2.15. The number of anilines is 2. The number of carbonyl (C=O) groups is 2. The van der Waals surface area contributed by atoms with E-state index in [1.54, 1.807) is 36.4 Å². The van der Waals surface area contributed by atoms with Crippen molar-refractivity contribution >= 4 is 23.2 Å². The van der Waals surface area contributed by atoms with E-state index in [9.17, 15) is 9.59 Å². The quantitative estimate of drug-likeness (QED) is 0.807. The third-order valence-electron chi connectivity index (χ3n) is 3.65. The van der Waals surface area contributed by atoms with Crippen molar-refractivity contribution in [1.29, 1.82) is 0 Å². The molecule has 0 radical (unpaired) electrons. The second-order valence-electron chi connectivity index (χ2n) is 6.58. The number of amides is 2. The van der Waals surface area contributed by atoms with Crippen LogP contribution in [0.15, 0.2) is 48.5 Å². The van der Waals surface area contributed by atoms with Gasteiger partial charge in [-0.25, -0.2) is 0 Å². The largest absolute Gasteiger partial charge is 0.323 e. The van der Waals surface area contributed by atoms with Crippen LogP contribution in [0.5, 0.6) is 0 Å². The van der Waals surface area contributed by atoms with Gasteiger partial charge in [-0.1, -0.05) is 45.0 Å². The van der Waals surface area contributed by atoms with Crippen LogP contribution in [-0.2, 0) is 10.2 Å². The lowest BCUT2D eigenvalue weighted by Gasteiger charge is -2.19. The van der Waals surface area contributed by atoms with E-state index < -0.39 is 0 Å². The average molecular weight is 325 g/mol. The zero-order chi connectivity index (χ0) is 17.7. The minimum atomic E-state index is -0.314. The first-order valence-corrected chi connectivity index (χ1v) is 7.82. The van der Waals surface area contributed by atoms with Crippen molar-refractivity contribution in [2.45, 2.75) is 26.2 Å². The van der Waals surface area contributed by atoms with Crippen LogP contribution in [0.2, 0.25) is 0 Å². The van der Waals surface area contributed by atoms with Gasteiger partial charge in [-0.15, -0.1) is 0 Å². The molecule has 0 bridgehead atoms. The maximum Gasteiger partial charge on any atom is 0.255 e. The number of rotatable bonds is 4. The van der Waals surface area contributed by atoms with Gasteiger partial charge in [0.25, 0.3) is 5.91 Å². The van der Waals surface area contributed by atoms with Gasteiger partial charge in [0.15, 0.2) is 0 Å². The molecule has 0 unspecified atom stereocenters. The van der Waals surface area contributed by atoms with Crippen LogP contribution in [0, 0.1) is 0 Å². The monoisotopic (exact) mass is 325 g/mol. The lowest BCUT2D eigenvalue weighted by molar-refractivity contribution is -0.114. The fraction of sp³-hybridized carbons (Fsp3) is 0.263. The second kappa shape index (κ2) is 7.27. The van der Waals surface area contributed by atoms with Crippen molar-refractivity contribution in [3.05, 3.63) is 59.7 Å². The minimum Gasteiger partial charge on any atom is -0.323 e. The zero-order valence-electron chi connectivity index (χ0n) is 14.2. The van der Waals surface area contributed by atoms with E-state index in [0.29, 0.717) is 16.9 Å². The fourth-order valence-electron chi connectivity index (χ4n) is 2.22.